The predicted octanol–water partition coefficient (Wildman–Crippen LogP) is 2.62. The molecule has 0 saturated carbocycles. The van der Waals surface area contributed by atoms with Gasteiger partial charge in [0, 0.05) is 25.2 Å². The lowest BCUT2D eigenvalue weighted by atomic mass is 10.0. The molecule has 1 amide bonds. The molecule has 0 saturated heterocycles. The topological polar surface area (TPSA) is 46.3 Å². The Labute approximate surface area is 122 Å². The maximum Gasteiger partial charge on any atom is 0.253 e. The van der Waals surface area contributed by atoms with E-state index in [-0.39, 0.29) is 11.9 Å². The molecule has 1 atom stereocenters. The second kappa shape index (κ2) is 6.40. The van der Waals surface area contributed by atoms with E-state index in [9.17, 15) is 4.79 Å². The van der Waals surface area contributed by atoms with E-state index in [0.29, 0.717) is 5.92 Å². The molecule has 2 rings (SSSR count). The number of hydrogen-bond acceptors (Lipinski definition) is 2. The van der Waals surface area contributed by atoms with Gasteiger partial charge >= 0.3 is 0 Å². The van der Waals surface area contributed by atoms with Crippen molar-refractivity contribution in [1.82, 2.24) is 4.90 Å². The fourth-order valence-electron chi connectivity index (χ4n) is 2.70. The van der Waals surface area contributed by atoms with Gasteiger partial charge in [0.25, 0.3) is 5.91 Å². The van der Waals surface area contributed by atoms with Gasteiger partial charge in [0.2, 0.25) is 0 Å². The second-order valence-corrected chi connectivity index (χ2v) is 6.26. The minimum Gasteiger partial charge on any atom is -0.342 e. The Morgan fingerprint density at radius 2 is 2.00 bits per heavy atom. The highest BCUT2D eigenvalue weighted by molar-refractivity contribution is 5.94. The Morgan fingerprint density at radius 1 is 1.30 bits per heavy atom. The average Bonchev–Trinajstić information content (AvgIpc) is 2.90. The maximum absolute atomic E-state index is 12.4. The first-order chi connectivity index (χ1) is 9.49. The minimum atomic E-state index is 0.107. The van der Waals surface area contributed by atoms with Crippen LogP contribution in [0.5, 0.6) is 0 Å². The molecule has 0 aliphatic heterocycles. The van der Waals surface area contributed by atoms with E-state index in [1.807, 2.05) is 13.1 Å². The Kier molecular flexibility index (Phi) is 4.81. The number of nitrogens with zero attached hydrogens (tertiary/aromatic N) is 1. The summed E-state index contributed by atoms with van der Waals surface area (Å²) in [6.45, 7) is 4.95. The largest absolute Gasteiger partial charge is 0.342 e. The summed E-state index contributed by atoms with van der Waals surface area (Å²) in [5, 5.41) is 0. The SMILES string of the molecule is CC(C)C(N)CCN(C)C(=O)c1ccc2c(c1)CCC2. The number of rotatable bonds is 5. The van der Waals surface area contributed by atoms with Crippen molar-refractivity contribution in [2.75, 3.05) is 13.6 Å². The third-order valence-corrected chi connectivity index (χ3v) is 4.35. The summed E-state index contributed by atoms with van der Waals surface area (Å²) in [6.07, 6.45) is 4.33. The molecular weight excluding hydrogens is 248 g/mol. The van der Waals surface area contributed by atoms with Gasteiger partial charge in [0.1, 0.15) is 0 Å². The zero-order chi connectivity index (χ0) is 14.7. The van der Waals surface area contributed by atoms with E-state index < -0.39 is 0 Å². The number of amides is 1. The molecule has 1 aromatic carbocycles. The summed E-state index contributed by atoms with van der Waals surface area (Å²) in [4.78, 5) is 14.2. The zero-order valence-electron chi connectivity index (χ0n) is 12.9. The lowest BCUT2D eigenvalue weighted by molar-refractivity contribution is 0.0789. The number of hydrogen-bond donors (Lipinski definition) is 1. The molecular formula is C17H26N2O. The first kappa shape index (κ1) is 15.0. The van der Waals surface area contributed by atoms with Crippen LogP contribution < -0.4 is 5.73 Å². The van der Waals surface area contributed by atoms with Crippen molar-refractivity contribution in [3.63, 3.8) is 0 Å². The molecule has 0 heterocycles. The number of aryl methyl sites for hydroxylation is 2. The lowest BCUT2D eigenvalue weighted by Gasteiger charge is -2.22. The first-order valence-corrected chi connectivity index (χ1v) is 7.62. The van der Waals surface area contributed by atoms with Gasteiger partial charge < -0.3 is 10.6 Å². The van der Waals surface area contributed by atoms with E-state index in [4.69, 9.17) is 5.73 Å². The van der Waals surface area contributed by atoms with Gasteiger partial charge in [0.05, 0.1) is 0 Å². The maximum atomic E-state index is 12.4. The van der Waals surface area contributed by atoms with Crippen LogP contribution in [-0.2, 0) is 12.8 Å². The zero-order valence-corrected chi connectivity index (χ0v) is 12.9. The van der Waals surface area contributed by atoms with E-state index in [2.05, 4.69) is 26.0 Å². The quantitative estimate of drug-likeness (QED) is 0.897. The summed E-state index contributed by atoms with van der Waals surface area (Å²) in [7, 11) is 1.86. The Hall–Kier alpha value is -1.35. The van der Waals surface area contributed by atoms with Gasteiger partial charge in [0.15, 0.2) is 0 Å². The third kappa shape index (κ3) is 3.40. The van der Waals surface area contributed by atoms with Crippen LogP contribution in [0.4, 0.5) is 0 Å². The fraction of sp³-hybridized carbons (Fsp3) is 0.588. The average molecular weight is 274 g/mol. The normalized spacial score (nSPS) is 15.2. The molecule has 2 N–H and O–H groups in total. The Balaban J connectivity index is 1.96. The molecule has 0 aromatic heterocycles. The number of carbonyl (C=O) groups is 1. The monoisotopic (exact) mass is 274 g/mol. The molecule has 1 aliphatic rings. The Morgan fingerprint density at radius 3 is 2.70 bits per heavy atom. The molecule has 0 bridgehead atoms. The van der Waals surface area contributed by atoms with Crippen molar-refractivity contribution in [2.45, 2.75) is 45.6 Å². The first-order valence-electron chi connectivity index (χ1n) is 7.62. The van der Waals surface area contributed by atoms with Crippen LogP contribution in [0.3, 0.4) is 0 Å². The molecule has 1 unspecified atom stereocenters. The van der Waals surface area contributed by atoms with Gasteiger partial charge in [-0.2, -0.15) is 0 Å². The van der Waals surface area contributed by atoms with Crippen LogP contribution in [0.1, 0.15) is 48.2 Å². The van der Waals surface area contributed by atoms with Gasteiger partial charge in [-0.15, -0.1) is 0 Å². The molecule has 110 valence electrons. The van der Waals surface area contributed by atoms with Crippen LogP contribution in [-0.4, -0.2) is 30.4 Å². The number of nitrogens with two attached hydrogens (primary N) is 1. The van der Waals surface area contributed by atoms with E-state index in [0.717, 1.165) is 31.4 Å². The third-order valence-electron chi connectivity index (χ3n) is 4.35. The highest BCUT2D eigenvalue weighted by atomic mass is 16.2. The highest BCUT2D eigenvalue weighted by Gasteiger charge is 2.17. The van der Waals surface area contributed by atoms with Crippen molar-refractivity contribution in [1.29, 1.82) is 0 Å². The molecule has 0 spiro atoms. The molecule has 1 aliphatic carbocycles. The number of carbonyl (C=O) groups excluding carboxylic acids is 1. The van der Waals surface area contributed by atoms with E-state index in [1.165, 1.54) is 17.5 Å². The molecule has 3 heteroatoms. The fourth-order valence-corrected chi connectivity index (χ4v) is 2.70. The van der Waals surface area contributed by atoms with Gasteiger partial charge in [-0.1, -0.05) is 19.9 Å². The van der Waals surface area contributed by atoms with Crippen molar-refractivity contribution in [3.8, 4) is 0 Å². The van der Waals surface area contributed by atoms with Crippen molar-refractivity contribution >= 4 is 5.91 Å². The van der Waals surface area contributed by atoms with Crippen molar-refractivity contribution in [2.24, 2.45) is 11.7 Å². The van der Waals surface area contributed by atoms with Crippen LogP contribution in [0.25, 0.3) is 0 Å². The molecule has 0 fully saturated rings. The predicted molar refractivity (Wildman–Crippen MR) is 82.9 cm³/mol. The number of fused-ring (bicyclic) bond motifs is 1. The van der Waals surface area contributed by atoms with E-state index in [1.54, 1.807) is 4.90 Å². The molecule has 1 aromatic rings. The van der Waals surface area contributed by atoms with Gasteiger partial charge in [-0.05, 0) is 54.9 Å². The standard InChI is InChI=1S/C17H26N2O/c1-12(2)16(18)9-10-19(3)17(20)15-8-7-13-5-4-6-14(13)11-15/h7-8,11-12,16H,4-6,9-10,18H2,1-3H3. The second-order valence-electron chi connectivity index (χ2n) is 6.26. The van der Waals surface area contributed by atoms with Gasteiger partial charge in [-0.25, -0.2) is 0 Å². The summed E-state index contributed by atoms with van der Waals surface area (Å²) in [5.74, 6) is 0.564. The summed E-state index contributed by atoms with van der Waals surface area (Å²) < 4.78 is 0. The van der Waals surface area contributed by atoms with Crippen LogP contribution in [0.2, 0.25) is 0 Å². The molecule has 20 heavy (non-hydrogen) atoms. The lowest BCUT2D eigenvalue weighted by Crippen LogP contribution is -2.34. The Bertz CT molecular complexity index is 482. The summed E-state index contributed by atoms with van der Waals surface area (Å²) in [5.41, 5.74) is 9.61. The van der Waals surface area contributed by atoms with Gasteiger partial charge in [-0.3, -0.25) is 4.79 Å². The summed E-state index contributed by atoms with van der Waals surface area (Å²) >= 11 is 0. The van der Waals surface area contributed by atoms with Crippen LogP contribution >= 0.6 is 0 Å². The number of benzene rings is 1. The minimum absolute atomic E-state index is 0.107. The highest BCUT2D eigenvalue weighted by Crippen LogP contribution is 2.23. The van der Waals surface area contributed by atoms with Crippen molar-refractivity contribution < 1.29 is 4.79 Å². The molecule has 0 radical (unpaired) electrons. The molecule has 3 nitrogen and oxygen atoms in total. The van der Waals surface area contributed by atoms with Crippen molar-refractivity contribution in [3.05, 3.63) is 34.9 Å². The smallest absolute Gasteiger partial charge is 0.253 e. The van der Waals surface area contributed by atoms with E-state index >= 15 is 0 Å². The van der Waals surface area contributed by atoms with Crippen LogP contribution in [0, 0.1) is 5.92 Å². The van der Waals surface area contributed by atoms with Crippen LogP contribution in [0.15, 0.2) is 18.2 Å². The summed E-state index contributed by atoms with van der Waals surface area (Å²) in [6, 6.07) is 6.31.